The molecule has 0 spiro atoms. The van der Waals surface area contributed by atoms with Crippen LogP contribution in [-0.2, 0) is 6.42 Å². The van der Waals surface area contributed by atoms with Crippen molar-refractivity contribution in [3.8, 4) is 5.69 Å². The molecule has 0 aliphatic rings. The van der Waals surface area contributed by atoms with E-state index in [9.17, 15) is 0 Å². The molecule has 2 aromatic carbocycles. The van der Waals surface area contributed by atoms with Gasteiger partial charge in [-0.1, -0.05) is 23.7 Å². The number of para-hydroxylation sites is 1. The summed E-state index contributed by atoms with van der Waals surface area (Å²) in [5, 5.41) is 0.688. The number of fused-ring (bicyclic) bond motifs is 1. The van der Waals surface area contributed by atoms with Gasteiger partial charge in [0.25, 0.3) is 0 Å². The van der Waals surface area contributed by atoms with Gasteiger partial charge in [-0.05, 0) is 52.7 Å². The van der Waals surface area contributed by atoms with Crippen LogP contribution in [0.3, 0.4) is 0 Å². The predicted molar refractivity (Wildman–Crippen MR) is 92.9 cm³/mol. The van der Waals surface area contributed by atoms with Crippen LogP contribution >= 0.6 is 39.1 Å². The zero-order chi connectivity index (χ0) is 15.0. The number of nitrogens with zero attached hydrogens (tertiary/aromatic N) is 2. The summed E-state index contributed by atoms with van der Waals surface area (Å²) >= 11 is 16.0. The van der Waals surface area contributed by atoms with Gasteiger partial charge in [0.05, 0.1) is 21.7 Å². The van der Waals surface area contributed by atoms with E-state index in [1.54, 1.807) is 0 Å². The van der Waals surface area contributed by atoms with Crippen LogP contribution in [0.4, 0.5) is 0 Å². The Kier molecular flexibility index (Phi) is 4.25. The highest BCUT2D eigenvalue weighted by molar-refractivity contribution is 9.10. The Bertz CT molecular complexity index is 811. The molecule has 0 unspecified atom stereocenters. The molecule has 3 rings (SSSR count). The maximum absolute atomic E-state index is 6.40. The third-order valence-electron chi connectivity index (χ3n) is 3.36. The van der Waals surface area contributed by atoms with Crippen LogP contribution in [0, 0.1) is 6.92 Å². The highest BCUT2D eigenvalue weighted by Gasteiger charge is 2.16. The van der Waals surface area contributed by atoms with Crippen molar-refractivity contribution in [2.75, 3.05) is 5.88 Å². The summed E-state index contributed by atoms with van der Waals surface area (Å²) in [6.07, 6.45) is 0.687. The first-order chi connectivity index (χ1) is 10.1. The Morgan fingerprint density at radius 3 is 2.76 bits per heavy atom. The fraction of sp³-hybridized carbons (Fsp3) is 0.188. The molecule has 1 heterocycles. The lowest BCUT2D eigenvalue weighted by Gasteiger charge is -2.12. The maximum atomic E-state index is 6.40. The lowest BCUT2D eigenvalue weighted by Crippen LogP contribution is -2.03. The Morgan fingerprint density at radius 1 is 1.24 bits per heavy atom. The van der Waals surface area contributed by atoms with Gasteiger partial charge in [0, 0.05) is 16.8 Å². The van der Waals surface area contributed by atoms with E-state index in [-0.39, 0.29) is 0 Å². The van der Waals surface area contributed by atoms with Crippen molar-refractivity contribution in [3.63, 3.8) is 0 Å². The van der Waals surface area contributed by atoms with E-state index in [1.807, 2.05) is 18.2 Å². The summed E-state index contributed by atoms with van der Waals surface area (Å²) in [7, 11) is 0. The molecule has 0 bridgehead atoms. The molecule has 0 fully saturated rings. The Morgan fingerprint density at radius 2 is 2.05 bits per heavy atom. The first-order valence-electron chi connectivity index (χ1n) is 6.60. The largest absolute Gasteiger partial charge is 0.294 e. The number of rotatable bonds is 3. The van der Waals surface area contributed by atoms with Crippen LogP contribution in [0.25, 0.3) is 16.7 Å². The van der Waals surface area contributed by atoms with Crippen molar-refractivity contribution in [1.29, 1.82) is 0 Å². The van der Waals surface area contributed by atoms with Gasteiger partial charge in [0.1, 0.15) is 5.82 Å². The normalized spacial score (nSPS) is 11.2. The summed E-state index contributed by atoms with van der Waals surface area (Å²) in [5.41, 5.74) is 4.02. The predicted octanol–water partition coefficient (Wildman–Crippen LogP) is 5.53. The molecule has 0 atom stereocenters. The lowest BCUT2D eigenvalue weighted by molar-refractivity contribution is 0.909. The number of alkyl halides is 1. The molecule has 0 saturated carbocycles. The first-order valence-corrected chi connectivity index (χ1v) is 8.30. The maximum Gasteiger partial charge on any atom is 0.115 e. The quantitative estimate of drug-likeness (QED) is 0.543. The average molecular weight is 384 g/mol. The topological polar surface area (TPSA) is 17.8 Å². The van der Waals surface area contributed by atoms with Gasteiger partial charge >= 0.3 is 0 Å². The molecule has 0 aliphatic heterocycles. The number of halogens is 3. The summed E-state index contributed by atoms with van der Waals surface area (Å²) in [6, 6.07) is 12.0. The summed E-state index contributed by atoms with van der Waals surface area (Å²) < 4.78 is 3.10. The number of hydrogen-bond acceptors (Lipinski definition) is 1. The molecule has 5 heteroatoms. The van der Waals surface area contributed by atoms with Crippen molar-refractivity contribution < 1.29 is 0 Å². The molecule has 0 aliphatic carbocycles. The van der Waals surface area contributed by atoms with Gasteiger partial charge < -0.3 is 0 Å². The molecule has 3 aromatic rings. The number of benzene rings is 2. The molecule has 2 nitrogen and oxygen atoms in total. The molecular formula is C16H13BrCl2N2. The molecule has 0 amide bonds. The minimum absolute atomic E-state index is 0.518. The fourth-order valence-electron chi connectivity index (χ4n) is 2.44. The minimum Gasteiger partial charge on any atom is -0.294 e. The Hall–Kier alpha value is -1.03. The van der Waals surface area contributed by atoms with Gasteiger partial charge in [-0.15, -0.1) is 11.6 Å². The fourth-order valence-corrected chi connectivity index (χ4v) is 3.53. The number of imidazole rings is 1. The van der Waals surface area contributed by atoms with Gasteiger partial charge in [-0.3, -0.25) is 4.57 Å². The Labute approximate surface area is 141 Å². The van der Waals surface area contributed by atoms with Crippen molar-refractivity contribution in [1.82, 2.24) is 9.55 Å². The molecular weight excluding hydrogens is 371 g/mol. The minimum atomic E-state index is 0.518. The smallest absolute Gasteiger partial charge is 0.115 e. The van der Waals surface area contributed by atoms with Crippen LogP contribution in [0.1, 0.15) is 11.4 Å². The average Bonchev–Trinajstić information content (AvgIpc) is 2.79. The number of aromatic nitrogens is 2. The van der Waals surface area contributed by atoms with Gasteiger partial charge in [0.2, 0.25) is 0 Å². The molecule has 108 valence electrons. The van der Waals surface area contributed by atoms with Gasteiger partial charge in [-0.2, -0.15) is 0 Å². The SMILES string of the molecule is Cc1ccc(-n2c(CCCl)nc3cccc(Cl)c32)c(Br)c1. The summed E-state index contributed by atoms with van der Waals surface area (Å²) in [5.74, 6) is 1.43. The third kappa shape index (κ3) is 2.70. The number of hydrogen-bond donors (Lipinski definition) is 0. The van der Waals surface area contributed by atoms with Crippen LogP contribution in [-0.4, -0.2) is 15.4 Å². The van der Waals surface area contributed by atoms with E-state index in [2.05, 4.69) is 50.6 Å². The molecule has 0 N–H and O–H groups in total. The lowest BCUT2D eigenvalue weighted by atomic mass is 10.2. The molecule has 0 radical (unpaired) electrons. The Balaban J connectivity index is 2.35. The zero-order valence-corrected chi connectivity index (χ0v) is 14.5. The van der Waals surface area contributed by atoms with E-state index >= 15 is 0 Å². The second-order valence-corrected chi connectivity index (χ2v) is 6.50. The summed E-state index contributed by atoms with van der Waals surface area (Å²) in [6.45, 7) is 2.06. The standard InChI is InChI=1S/C16H13BrCl2N2/c1-10-5-6-14(11(17)9-10)21-15(7-8-18)20-13-4-2-3-12(19)16(13)21/h2-6,9H,7-8H2,1H3. The van der Waals surface area contributed by atoms with E-state index < -0.39 is 0 Å². The van der Waals surface area contributed by atoms with Crippen LogP contribution in [0.5, 0.6) is 0 Å². The van der Waals surface area contributed by atoms with E-state index in [0.717, 1.165) is 27.0 Å². The van der Waals surface area contributed by atoms with Crippen LogP contribution in [0.2, 0.25) is 5.02 Å². The highest BCUT2D eigenvalue weighted by Crippen LogP contribution is 2.31. The van der Waals surface area contributed by atoms with Crippen molar-refractivity contribution in [3.05, 3.63) is 57.3 Å². The summed E-state index contributed by atoms with van der Waals surface area (Å²) in [4.78, 5) is 4.68. The highest BCUT2D eigenvalue weighted by atomic mass is 79.9. The van der Waals surface area contributed by atoms with E-state index in [4.69, 9.17) is 23.2 Å². The van der Waals surface area contributed by atoms with Gasteiger partial charge in [-0.25, -0.2) is 4.98 Å². The molecule has 1 aromatic heterocycles. The van der Waals surface area contributed by atoms with Crippen LogP contribution < -0.4 is 0 Å². The second-order valence-electron chi connectivity index (χ2n) is 4.86. The second kappa shape index (κ2) is 5.99. The van der Waals surface area contributed by atoms with Crippen LogP contribution in [0.15, 0.2) is 40.9 Å². The molecule has 21 heavy (non-hydrogen) atoms. The number of aryl methyl sites for hydroxylation is 2. The van der Waals surface area contributed by atoms with Crippen molar-refractivity contribution >= 4 is 50.2 Å². The first kappa shape index (κ1) is 14.9. The zero-order valence-electron chi connectivity index (χ0n) is 11.4. The van der Waals surface area contributed by atoms with E-state index in [1.165, 1.54) is 5.56 Å². The monoisotopic (exact) mass is 382 g/mol. The van der Waals surface area contributed by atoms with Crippen molar-refractivity contribution in [2.24, 2.45) is 0 Å². The third-order valence-corrected chi connectivity index (χ3v) is 4.49. The van der Waals surface area contributed by atoms with Gasteiger partial charge in [0.15, 0.2) is 0 Å². The molecule has 0 saturated heterocycles. The van der Waals surface area contributed by atoms with E-state index in [0.29, 0.717) is 17.3 Å². The van der Waals surface area contributed by atoms with Crippen molar-refractivity contribution in [2.45, 2.75) is 13.3 Å².